The van der Waals surface area contributed by atoms with Gasteiger partial charge in [0.15, 0.2) is 0 Å². The lowest BCUT2D eigenvalue weighted by Crippen LogP contribution is -2.00. The highest BCUT2D eigenvalue weighted by Gasteiger charge is 2.05. The minimum atomic E-state index is 0.371. The molecule has 0 aromatic carbocycles. The second kappa shape index (κ2) is 3.76. The predicted octanol–water partition coefficient (Wildman–Crippen LogP) is 0.921. The molecule has 2 N–H and O–H groups in total. The van der Waals surface area contributed by atoms with Crippen molar-refractivity contribution in [1.82, 2.24) is 4.57 Å². The van der Waals surface area contributed by atoms with Gasteiger partial charge < -0.3 is 10.4 Å². The SMILES string of the molecule is Cc1cc(/C=N/N)c(C)n1CC#N. The molecule has 1 rings (SSSR count). The van der Waals surface area contributed by atoms with Gasteiger partial charge in [-0.05, 0) is 19.9 Å². The molecule has 1 aromatic heterocycles. The fraction of sp³-hybridized carbons (Fsp3) is 0.333. The van der Waals surface area contributed by atoms with Crippen LogP contribution in [-0.2, 0) is 6.54 Å². The van der Waals surface area contributed by atoms with Crippen molar-refractivity contribution in [2.75, 3.05) is 0 Å². The Balaban J connectivity index is 3.15. The van der Waals surface area contributed by atoms with Crippen LogP contribution in [0.15, 0.2) is 11.2 Å². The highest BCUT2D eigenvalue weighted by atomic mass is 15.1. The highest BCUT2D eigenvalue weighted by molar-refractivity contribution is 5.81. The maximum absolute atomic E-state index is 8.58. The first-order chi connectivity index (χ1) is 6.20. The molecule has 0 amide bonds. The van der Waals surface area contributed by atoms with Gasteiger partial charge in [-0.2, -0.15) is 10.4 Å². The molecule has 4 nitrogen and oxygen atoms in total. The molecule has 1 heterocycles. The number of nitrogens with two attached hydrogens (primary N) is 1. The maximum Gasteiger partial charge on any atom is 0.110 e. The van der Waals surface area contributed by atoms with Gasteiger partial charge in [-0.15, -0.1) is 0 Å². The number of hydrogen-bond acceptors (Lipinski definition) is 3. The summed E-state index contributed by atoms with van der Waals surface area (Å²) in [7, 11) is 0. The van der Waals surface area contributed by atoms with E-state index in [4.69, 9.17) is 11.1 Å². The molecule has 0 unspecified atom stereocenters. The van der Waals surface area contributed by atoms with E-state index in [0.717, 1.165) is 17.0 Å². The second-order valence-corrected chi connectivity index (χ2v) is 2.85. The van der Waals surface area contributed by atoms with E-state index in [1.807, 2.05) is 24.5 Å². The number of aromatic nitrogens is 1. The van der Waals surface area contributed by atoms with Gasteiger partial charge in [0.25, 0.3) is 0 Å². The number of nitriles is 1. The van der Waals surface area contributed by atoms with E-state index < -0.39 is 0 Å². The second-order valence-electron chi connectivity index (χ2n) is 2.85. The van der Waals surface area contributed by atoms with Crippen molar-refractivity contribution >= 4 is 6.21 Å². The number of rotatable bonds is 2. The van der Waals surface area contributed by atoms with Gasteiger partial charge in [0, 0.05) is 17.0 Å². The van der Waals surface area contributed by atoms with Gasteiger partial charge in [-0.25, -0.2) is 0 Å². The molecular weight excluding hydrogens is 164 g/mol. The first-order valence-corrected chi connectivity index (χ1v) is 3.97. The third-order valence-corrected chi connectivity index (χ3v) is 2.06. The fourth-order valence-corrected chi connectivity index (χ4v) is 1.35. The first-order valence-electron chi connectivity index (χ1n) is 3.97. The lowest BCUT2D eigenvalue weighted by Gasteiger charge is -2.02. The quantitative estimate of drug-likeness (QED) is 0.413. The smallest absolute Gasteiger partial charge is 0.110 e. The number of hydrazone groups is 1. The number of hydrogen-bond donors (Lipinski definition) is 1. The molecule has 1 aromatic rings. The van der Waals surface area contributed by atoms with Crippen LogP contribution in [0.25, 0.3) is 0 Å². The van der Waals surface area contributed by atoms with E-state index in [1.54, 1.807) is 6.21 Å². The minimum Gasteiger partial charge on any atom is -0.335 e. The van der Waals surface area contributed by atoms with E-state index in [-0.39, 0.29) is 0 Å². The summed E-state index contributed by atoms with van der Waals surface area (Å²) in [5.41, 5.74) is 3.04. The van der Waals surface area contributed by atoms with Crippen LogP contribution < -0.4 is 5.84 Å². The molecule has 0 aliphatic rings. The van der Waals surface area contributed by atoms with Crippen molar-refractivity contribution < 1.29 is 0 Å². The molecule has 0 bridgehead atoms. The topological polar surface area (TPSA) is 67.1 Å². The average Bonchev–Trinajstić information content (AvgIpc) is 2.34. The Kier molecular flexibility index (Phi) is 2.70. The molecule has 0 fully saturated rings. The Hall–Kier alpha value is -1.76. The summed E-state index contributed by atoms with van der Waals surface area (Å²) >= 11 is 0. The van der Waals surface area contributed by atoms with E-state index in [2.05, 4.69) is 11.2 Å². The molecule has 0 saturated carbocycles. The van der Waals surface area contributed by atoms with Crippen LogP contribution in [0.2, 0.25) is 0 Å². The average molecular weight is 176 g/mol. The summed E-state index contributed by atoms with van der Waals surface area (Å²) < 4.78 is 1.93. The summed E-state index contributed by atoms with van der Waals surface area (Å²) in [6.07, 6.45) is 1.59. The van der Waals surface area contributed by atoms with Crippen LogP contribution in [0.5, 0.6) is 0 Å². The number of nitrogens with zero attached hydrogens (tertiary/aromatic N) is 3. The molecule has 68 valence electrons. The van der Waals surface area contributed by atoms with Crippen LogP contribution in [0, 0.1) is 25.2 Å². The van der Waals surface area contributed by atoms with Crippen LogP contribution in [0.3, 0.4) is 0 Å². The van der Waals surface area contributed by atoms with Crippen LogP contribution in [0.1, 0.15) is 17.0 Å². The van der Waals surface area contributed by atoms with Gasteiger partial charge in [-0.3, -0.25) is 0 Å². The van der Waals surface area contributed by atoms with Gasteiger partial charge in [-0.1, -0.05) is 0 Å². The third kappa shape index (κ3) is 1.70. The van der Waals surface area contributed by atoms with Crippen molar-refractivity contribution in [1.29, 1.82) is 5.26 Å². The van der Waals surface area contributed by atoms with Crippen molar-refractivity contribution in [2.45, 2.75) is 20.4 Å². The zero-order chi connectivity index (χ0) is 9.84. The van der Waals surface area contributed by atoms with Crippen LogP contribution in [0.4, 0.5) is 0 Å². The fourth-order valence-electron chi connectivity index (χ4n) is 1.35. The predicted molar refractivity (Wildman–Crippen MR) is 51.3 cm³/mol. The molecule has 0 radical (unpaired) electrons. The normalized spacial score (nSPS) is 10.5. The molecule has 0 aliphatic carbocycles. The summed E-state index contributed by atoms with van der Waals surface area (Å²) in [4.78, 5) is 0. The summed E-state index contributed by atoms with van der Waals surface area (Å²) in [6.45, 7) is 4.27. The Morgan fingerprint density at radius 2 is 2.38 bits per heavy atom. The first kappa shape index (κ1) is 9.33. The lowest BCUT2D eigenvalue weighted by molar-refractivity contribution is 0.776. The Morgan fingerprint density at radius 3 is 2.92 bits per heavy atom. The Labute approximate surface area is 77.3 Å². The van der Waals surface area contributed by atoms with E-state index >= 15 is 0 Å². The molecule has 13 heavy (non-hydrogen) atoms. The van der Waals surface area contributed by atoms with E-state index in [9.17, 15) is 0 Å². The van der Waals surface area contributed by atoms with Crippen molar-refractivity contribution in [3.05, 3.63) is 23.0 Å². The Bertz CT molecular complexity index is 368. The van der Waals surface area contributed by atoms with Crippen molar-refractivity contribution in [3.8, 4) is 6.07 Å². The standard InChI is InChI=1S/C9H12N4/c1-7-5-9(6-12-11)8(2)13(7)4-3-10/h5-6H,4,11H2,1-2H3/b12-6+. The van der Waals surface area contributed by atoms with Gasteiger partial charge >= 0.3 is 0 Å². The van der Waals surface area contributed by atoms with Gasteiger partial charge in [0.1, 0.15) is 6.54 Å². The van der Waals surface area contributed by atoms with Crippen molar-refractivity contribution in [2.24, 2.45) is 10.9 Å². The minimum absolute atomic E-state index is 0.371. The summed E-state index contributed by atoms with van der Waals surface area (Å²) in [6, 6.07) is 4.07. The van der Waals surface area contributed by atoms with Crippen LogP contribution in [-0.4, -0.2) is 10.8 Å². The Morgan fingerprint density at radius 1 is 1.69 bits per heavy atom. The van der Waals surface area contributed by atoms with E-state index in [0.29, 0.717) is 6.54 Å². The molecular formula is C9H12N4. The lowest BCUT2D eigenvalue weighted by atomic mass is 10.3. The van der Waals surface area contributed by atoms with E-state index in [1.165, 1.54) is 0 Å². The zero-order valence-electron chi connectivity index (χ0n) is 7.78. The maximum atomic E-state index is 8.58. The molecule has 0 spiro atoms. The zero-order valence-corrected chi connectivity index (χ0v) is 7.78. The number of aryl methyl sites for hydroxylation is 1. The van der Waals surface area contributed by atoms with Crippen molar-refractivity contribution in [3.63, 3.8) is 0 Å². The largest absolute Gasteiger partial charge is 0.335 e. The monoisotopic (exact) mass is 176 g/mol. The highest BCUT2D eigenvalue weighted by Crippen LogP contribution is 2.12. The van der Waals surface area contributed by atoms with Gasteiger partial charge in [0.05, 0.1) is 12.3 Å². The molecule has 4 heteroatoms. The third-order valence-electron chi connectivity index (χ3n) is 2.06. The summed E-state index contributed by atoms with van der Waals surface area (Å²) in [5, 5.41) is 12.0. The molecule has 0 atom stereocenters. The summed E-state index contributed by atoms with van der Waals surface area (Å²) in [5.74, 6) is 5.06. The molecule has 0 saturated heterocycles. The van der Waals surface area contributed by atoms with Crippen LogP contribution >= 0.6 is 0 Å². The molecule has 0 aliphatic heterocycles. The van der Waals surface area contributed by atoms with Gasteiger partial charge in [0.2, 0.25) is 0 Å².